The molecule has 1 atom stereocenters. The molecule has 0 rings (SSSR count). The van der Waals surface area contributed by atoms with Crippen LogP contribution in [0.5, 0.6) is 0 Å². The van der Waals surface area contributed by atoms with Gasteiger partial charge in [0.15, 0.2) is 0 Å². The molecule has 0 aromatic rings. The van der Waals surface area contributed by atoms with Crippen LogP contribution in [-0.2, 0) is 0 Å². The molecule has 2 nitrogen and oxygen atoms in total. The summed E-state index contributed by atoms with van der Waals surface area (Å²) in [7, 11) is 0. The van der Waals surface area contributed by atoms with E-state index in [9.17, 15) is 0 Å². The Hall–Kier alpha value is -0.860. The molecular weight excluding hydrogens is 196 g/mol. The summed E-state index contributed by atoms with van der Waals surface area (Å²) in [6, 6.07) is 0.118. The molecule has 2 heteroatoms. The second-order valence-corrected chi connectivity index (χ2v) is 3.90. The van der Waals surface area contributed by atoms with Crippen LogP contribution in [0.3, 0.4) is 0 Å². The van der Waals surface area contributed by atoms with Gasteiger partial charge in [0, 0.05) is 12.6 Å². The van der Waals surface area contributed by atoms with Crippen molar-refractivity contribution in [2.24, 2.45) is 11.5 Å². The minimum atomic E-state index is 0.118. The largest absolute Gasteiger partial charge is 0.329 e. The Morgan fingerprint density at radius 1 is 0.875 bits per heavy atom. The van der Waals surface area contributed by atoms with Gasteiger partial charge in [-0.15, -0.1) is 0 Å². The van der Waals surface area contributed by atoms with Crippen LogP contribution in [-0.4, -0.2) is 12.6 Å². The van der Waals surface area contributed by atoms with Gasteiger partial charge in [-0.1, -0.05) is 36.5 Å². The van der Waals surface area contributed by atoms with Crippen molar-refractivity contribution in [1.29, 1.82) is 0 Å². The molecule has 0 spiro atoms. The van der Waals surface area contributed by atoms with Crippen LogP contribution in [0, 0.1) is 0 Å². The predicted molar refractivity (Wildman–Crippen MR) is 73.2 cm³/mol. The van der Waals surface area contributed by atoms with E-state index in [-0.39, 0.29) is 6.04 Å². The number of allylic oxidation sites excluding steroid dienone is 5. The first kappa shape index (κ1) is 15.1. The third-order valence-electron chi connectivity index (χ3n) is 2.31. The predicted octanol–water partition coefficient (Wildman–Crippen LogP) is 2.91. The van der Waals surface area contributed by atoms with Gasteiger partial charge in [0.25, 0.3) is 0 Å². The Kier molecular flexibility index (Phi) is 11.6. The average molecular weight is 222 g/mol. The lowest BCUT2D eigenvalue weighted by molar-refractivity contribution is 0.691. The Balaban J connectivity index is 3.31. The van der Waals surface area contributed by atoms with Crippen molar-refractivity contribution in [1.82, 2.24) is 0 Å². The summed E-state index contributed by atoms with van der Waals surface area (Å²) in [5, 5.41) is 0. The molecule has 0 aliphatic heterocycles. The standard InChI is InChI=1S/C14H26N2/c1-2-3-4-5-6-7-8-9-10-11-12-14(16)13-15/h2-3,6-7,10-11,14H,4-5,8-9,12-13,15-16H2,1H3/b3-2+,7-6+,11-10+. The van der Waals surface area contributed by atoms with Crippen LogP contribution in [0.25, 0.3) is 0 Å². The van der Waals surface area contributed by atoms with Crippen molar-refractivity contribution in [3.63, 3.8) is 0 Å². The molecule has 0 aromatic carbocycles. The molecule has 0 fully saturated rings. The number of hydrogen-bond donors (Lipinski definition) is 2. The lowest BCUT2D eigenvalue weighted by atomic mass is 10.2. The van der Waals surface area contributed by atoms with Gasteiger partial charge in [-0.3, -0.25) is 0 Å². The van der Waals surface area contributed by atoms with E-state index in [1.807, 2.05) is 0 Å². The lowest BCUT2D eigenvalue weighted by Crippen LogP contribution is -2.28. The first-order valence-electron chi connectivity index (χ1n) is 6.18. The molecule has 0 amide bonds. The van der Waals surface area contributed by atoms with Crippen molar-refractivity contribution in [2.45, 2.75) is 45.1 Å². The minimum absolute atomic E-state index is 0.118. The lowest BCUT2D eigenvalue weighted by Gasteiger charge is -2.02. The quantitative estimate of drug-likeness (QED) is 0.465. The van der Waals surface area contributed by atoms with Gasteiger partial charge in [-0.25, -0.2) is 0 Å². The van der Waals surface area contributed by atoms with E-state index in [1.54, 1.807) is 0 Å². The number of hydrogen-bond acceptors (Lipinski definition) is 2. The van der Waals surface area contributed by atoms with E-state index in [0.29, 0.717) is 6.54 Å². The Bertz CT molecular complexity index is 217. The van der Waals surface area contributed by atoms with Crippen LogP contribution >= 0.6 is 0 Å². The van der Waals surface area contributed by atoms with E-state index in [0.717, 1.165) is 32.1 Å². The molecule has 0 heterocycles. The summed E-state index contributed by atoms with van der Waals surface area (Å²) >= 11 is 0. The summed E-state index contributed by atoms with van der Waals surface area (Å²) in [5.41, 5.74) is 11.1. The van der Waals surface area contributed by atoms with Crippen LogP contribution in [0.15, 0.2) is 36.5 Å². The zero-order valence-electron chi connectivity index (χ0n) is 10.4. The third-order valence-corrected chi connectivity index (χ3v) is 2.31. The first-order chi connectivity index (χ1) is 7.81. The Labute approximate surface area is 100 Å². The maximum Gasteiger partial charge on any atom is 0.0197 e. The zero-order valence-corrected chi connectivity index (χ0v) is 10.4. The SMILES string of the molecule is C/C=C/CC/C=C/CC/C=C/CC(N)CN. The Morgan fingerprint density at radius 3 is 1.88 bits per heavy atom. The normalized spacial score (nSPS) is 14.4. The van der Waals surface area contributed by atoms with Crippen LogP contribution in [0.2, 0.25) is 0 Å². The minimum Gasteiger partial charge on any atom is -0.329 e. The van der Waals surface area contributed by atoms with Gasteiger partial charge in [-0.05, 0) is 39.0 Å². The van der Waals surface area contributed by atoms with Crippen molar-refractivity contribution in [2.75, 3.05) is 6.54 Å². The van der Waals surface area contributed by atoms with Crippen molar-refractivity contribution >= 4 is 0 Å². The van der Waals surface area contributed by atoms with Gasteiger partial charge in [0.1, 0.15) is 0 Å². The molecule has 1 unspecified atom stereocenters. The molecule has 0 aromatic heterocycles. The molecule has 92 valence electrons. The molecule has 4 N–H and O–H groups in total. The van der Waals surface area contributed by atoms with Gasteiger partial charge in [0.2, 0.25) is 0 Å². The highest BCUT2D eigenvalue weighted by Crippen LogP contribution is 1.98. The summed E-state index contributed by atoms with van der Waals surface area (Å²) < 4.78 is 0. The van der Waals surface area contributed by atoms with Crippen LogP contribution in [0.4, 0.5) is 0 Å². The van der Waals surface area contributed by atoms with E-state index in [4.69, 9.17) is 11.5 Å². The highest BCUT2D eigenvalue weighted by Gasteiger charge is 1.92. The number of rotatable bonds is 9. The van der Waals surface area contributed by atoms with E-state index >= 15 is 0 Å². The van der Waals surface area contributed by atoms with Gasteiger partial charge in [0.05, 0.1) is 0 Å². The molecular formula is C14H26N2. The fraction of sp³-hybridized carbons (Fsp3) is 0.571. The number of unbranched alkanes of at least 4 members (excludes halogenated alkanes) is 2. The van der Waals surface area contributed by atoms with Crippen LogP contribution in [0.1, 0.15) is 39.0 Å². The highest BCUT2D eigenvalue weighted by molar-refractivity contribution is 4.91. The summed E-state index contributed by atoms with van der Waals surface area (Å²) in [4.78, 5) is 0. The summed E-state index contributed by atoms with van der Waals surface area (Å²) in [6.07, 6.45) is 18.5. The highest BCUT2D eigenvalue weighted by atomic mass is 14.7. The van der Waals surface area contributed by atoms with E-state index < -0.39 is 0 Å². The second-order valence-electron chi connectivity index (χ2n) is 3.90. The van der Waals surface area contributed by atoms with Crippen molar-refractivity contribution in [3.05, 3.63) is 36.5 Å². The number of nitrogens with two attached hydrogens (primary N) is 2. The second kappa shape index (κ2) is 12.2. The smallest absolute Gasteiger partial charge is 0.0197 e. The first-order valence-corrected chi connectivity index (χ1v) is 6.18. The van der Waals surface area contributed by atoms with Crippen molar-refractivity contribution in [3.8, 4) is 0 Å². The molecule has 0 aliphatic carbocycles. The average Bonchev–Trinajstić information content (AvgIpc) is 2.31. The topological polar surface area (TPSA) is 52.0 Å². The maximum atomic E-state index is 5.69. The molecule has 0 bridgehead atoms. The third kappa shape index (κ3) is 11.2. The van der Waals surface area contributed by atoms with Gasteiger partial charge < -0.3 is 11.5 Å². The maximum absolute atomic E-state index is 5.69. The van der Waals surface area contributed by atoms with Gasteiger partial charge >= 0.3 is 0 Å². The molecule has 0 saturated carbocycles. The zero-order chi connectivity index (χ0) is 12.1. The molecule has 0 radical (unpaired) electrons. The van der Waals surface area contributed by atoms with Gasteiger partial charge in [-0.2, -0.15) is 0 Å². The fourth-order valence-electron chi connectivity index (χ4n) is 1.27. The van der Waals surface area contributed by atoms with Crippen LogP contribution < -0.4 is 11.5 Å². The fourth-order valence-corrected chi connectivity index (χ4v) is 1.27. The molecule has 0 aliphatic rings. The molecule has 0 saturated heterocycles. The summed E-state index contributed by atoms with van der Waals surface area (Å²) in [5.74, 6) is 0. The Morgan fingerprint density at radius 2 is 1.38 bits per heavy atom. The monoisotopic (exact) mass is 222 g/mol. The molecule has 16 heavy (non-hydrogen) atoms. The van der Waals surface area contributed by atoms with Crippen molar-refractivity contribution < 1.29 is 0 Å². The summed E-state index contributed by atoms with van der Waals surface area (Å²) in [6.45, 7) is 2.62. The van der Waals surface area contributed by atoms with E-state index in [2.05, 4.69) is 43.4 Å². The van der Waals surface area contributed by atoms with E-state index in [1.165, 1.54) is 0 Å².